The van der Waals surface area contributed by atoms with Gasteiger partial charge in [-0.1, -0.05) is 18.2 Å². The molecule has 10 nitrogen and oxygen atoms in total. The maximum atomic E-state index is 12.3. The van der Waals surface area contributed by atoms with Crippen LogP contribution in [0, 0.1) is 22.0 Å². The number of hydrogen-bond acceptors (Lipinski definition) is 8. The Labute approximate surface area is 185 Å². The van der Waals surface area contributed by atoms with Crippen LogP contribution in [0.3, 0.4) is 0 Å². The van der Waals surface area contributed by atoms with Crippen molar-refractivity contribution >= 4 is 11.7 Å². The summed E-state index contributed by atoms with van der Waals surface area (Å²) in [5.74, 6) is -0.683. The first-order valence-electron chi connectivity index (χ1n) is 10.5. The van der Waals surface area contributed by atoms with Crippen molar-refractivity contribution in [2.24, 2.45) is 11.8 Å². The molecule has 4 rings (SSSR count). The molecule has 2 aromatic rings. The lowest BCUT2D eigenvalue weighted by atomic mass is 9.75. The standard InChI is InChI=1S/C22H26N4O6/c1-3-32-17-8-7-12(10-18(17)31-2)16-11-15(22(27)28)19-20(24-25-21(19)23-16)13-5-4-6-14(9-13)26(29)30/h4-10,15-16,19-21,23-25H,3,11H2,1-2H3,(H,27,28). The first-order chi connectivity index (χ1) is 15.4. The predicted octanol–water partition coefficient (Wildman–Crippen LogP) is 2.53. The molecule has 5 atom stereocenters. The van der Waals surface area contributed by atoms with E-state index in [1.54, 1.807) is 19.2 Å². The minimum absolute atomic E-state index is 0.0252. The van der Waals surface area contributed by atoms with Crippen LogP contribution >= 0.6 is 0 Å². The Hall–Kier alpha value is -3.21. The number of nitro benzene ring substituents is 1. The molecule has 170 valence electrons. The fraction of sp³-hybridized carbons (Fsp3) is 0.409. The van der Waals surface area contributed by atoms with E-state index in [4.69, 9.17) is 9.47 Å². The maximum absolute atomic E-state index is 12.3. The molecular weight excluding hydrogens is 416 g/mol. The average Bonchev–Trinajstić information content (AvgIpc) is 3.23. The number of ether oxygens (including phenoxy) is 2. The van der Waals surface area contributed by atoms with Gasteiger partial charge in [0.05, 0.1) is 36.8 Å². The highest BCUT2D eigenvalue weighted by Gasteiger charge is 2.49. The smallest absolute Gasteiger partial charge is 0.307 e. The van der Waals surface area contributed by atoms with Crippen molar-refractivity contribution < 1.29 is 24.3 Å². The van der Waals surface area contributed by atoms with E-state index >= 15 is 0 Å². The molecule has 2 heterocycles. The Morgan fingerprint density at radius 1 is 1.19 bits per heavy atom. The summed E-state index contributed by atoms with van der Waals surface area (Å²) in [4.78, 5) is 23.0. The molecule has 0 saturated carbocycles. The van der Waals surface area contributed by atoms with Gasteiger partial charge in [-0.25, -0.2) is 10.9 Å². The van der Waals surface area contributed by atoms with Crippen molar-refractivity contribution in [2.45, 2.75) is 31.6 Å². The zero-order chi connectivity index (χ0) is 22.8. The number of aliphatic carboxylic acids is 1. The van der Waals surface area contributed by atoms with Crippen LogP contribution in [0.1, 0.15) is 36.6 Å². The summed E-state index contributed by atoms with van der Waals surface area (Å²) in [6, 6.07) is 11.3. The Morgan fingerprint density at radius 3 is 2.69 bits per heavy atom. The first kappa shape index (κ1) is 22.0. The molecule has 10 heteroatoms. The monoisotopic (exact) mass is 442 g/mol. The number of non-ortho nitro benzene ring substituents is 1. The van der Waals surface area contributed by atoms with Gasteiger partial charge in [-0.3, -0.25) is 20.2 Å². The maximum Gasteiger partial charge on any atom is 0.307 e. The first-order valence-corrected chi connectivity index (χ1v) is 10.5. The summed E-state index contributed by atoms with van der Waals surface area (Å²) in [6.07, 6.45) is 0.0271. The molecule has 4 N–H and O–H groups in total. The van der Waals surface area contributed by atoms with Gasteiger partial charge in [0.2, 0.25) is 0 Å². The van der Waals surface area contributed by atoms with Crippen molar-refractivity contribution in [1.29, 1.82) is 0 Å². The lowest BCUT2D eigenvalue weighted by molar-refractivity contribution is -0.384. The molecule has 2 aromatic carbocycles. The fourth-order valence-electron chi connectivity index (χ4n) is 4.69. The van der Waals surface area contributed by atoms with Crippen molar-refractivity contribution in [3.63, 3.8) is 0 Å². The van der Waals surface area contributed by atoms with Crippen LogP contribution in [0.2, 0.25) is 0 Å². The molecule has 0 bridgehead atoms. The van der Waals surface area contributed by atoms with Gasteiger partial charge in [0, 0.05) is 24.1 Å². The zero-order valence-electron chi connectivity index (χ0n) is 17.8. The number of piperidine rings is 1. The number of methoxy groups -OCH3 is 1. The van der Waals surface area contributed by atoms with Crippen LogP contribution in [0.15, 0.2) is 42.5 Å². The molecule has 0 radical (unpaired) electrons. The minimum atomic E-state index is -0.898. The topological polar surface area (TPSA) is 135 Å². The van der Waals surface area contributed by atoms with E-state index in [-0.39, 0.29) is 29.9 Å². The third kappa shape index (κ3) is 4.12. The number of fused-ring (bicyclic) bond motifs is 1. The Balaban J connectivity index is 1.61. The van der Waals surface area contributed by atoms with Gasteiger partial charge in [-0.15, -0.1) is 0 Å². The van der Waals surface area contributed by atoms with E-state index in [0.717, 1.165) is 5.56 Å². The minimum Gasteiger partial charge on any atom is -0.493 e. The van der Waals surface area contributed by atoms with Gasteiger partial charge in [0.1, 0.15) is 0 Å². The second kappa shape index (κ2) is 9.11. The van der Waals surface area contributed by atoms with E-state index in [1.165, 1.54) is 12.1 Å². The SMILES string of the molecule is CCOc1ccc(C2CC(C(=O)O)C3C(NNC3c3cccc([N+](=O)[O-])c3)N2)cc1OC. The van der Waals surface area contributed by atoms with Crippen LogP contribution in [-0.4, -0.2) is 35.9 Å². The van der Waals surface area contributed by atoms with Gasteiger partial charge in [0.25, 0.3) is 5.69 Å². The van der Waals surface area contributed by atoms with Gasteiger partial charge >= 0.3 is 5.97 Å². The van der Waals surface area contributed by atoms with Gasteiger partial charge < -0.3 is 14.6 Å². The lowest BCUT2D eigenvalue weighted by Gasteiger charge is -2.39. The molecule has 2 saturated heterocycles. The third-order valence-corrected chi connectivity index (χ3v) is 6.15. The number of nitrogens with one attached hydrogen (secondary N) is 3. The number of carboxylic acids is 1. The second-order valence-corrected chi connectivity index (χ2v) is 7.92. The molecule has 0 spiro atoms. The molecule has 5 unspecified atom stereocenters. The molecule has 2 fully saturated rings. The Morgan fingerprint density at radius 2 is 2.00 bits per heavy atom. The van der Waals surface area contributed by atoms with Crippen molar-refractivity contribution in [3.05, 3.63) is 63.7 Å². The number of nitrogens with zero attached hydrogens (tertiary/aromatic N) is 1. The highest BCUT2D eigenvalue weighted by atomic mass is 16.6. The number of benzene rings is 2. The van der Waals surface area contributed by atoms with Crippen molar-refractivity contribution in [2.75, 3.05) is 13.7 Å². The Kier molecular flexibility index (Phi) is 6.26. The molecule has 2 aliphatic heterocycles. The van der Waals surface area contributed by atoms with E-state index in [2.05, 4.69) is 16.2 Å². The van der Waals surface area contributed by atoms with Crippen molar-refractivity contribution in [1.82, 2.24) is 16.2 Å². The fourth-order valence-corrected chi connectivity index (χ4v) is 4.69. The van der Waals surface area contributed by atoms with Gasteiger partial charge in [-0.05, 0) is 36.6 Å². The van der Waals surface area contributed by atoms with Crippen molar-refractivity contribution in [3.8, 4) is 11.5 Å². The van der Waals surface area contributed by atoms with Gasteiger partial charge in [-0.2, -0.15) is 0 Å². The molecule has 0 amide bonds. The second-order valence-electron chi connectivity index (χ2n) is 7.92. The predicted molar refractivity (Wildman–Crippen MR) is 115 cm³/mol. The number of carbonyl (C=O) groups is 1. The molecule has 0 aromatic heterocycles. The summed E-state index contributed by atoms with van der Waals surface area (Å²) in [6.45, 7) is 2.40. The summed E-state index contributed by atoms with van der Waals surface area (Å²) in [5.41, 5.74) is 7.84. The number of carboxylic acid groups (broad SMARTS) is 1. The summed E-state index contributed by atoms with van der Waals surface area (Å²) in [5, 5.41) is 24.7. The van der Waals surface area contributed by atoms with Crippen LogP contribution < -0.4 is 25.6 Å². The molecule has 2 aliphatic rings. The molecule has 0 aliphatic carbocycles. The molecular formula is C22H26N4O6. The normalized spacial score (nSPS) is 26.9. The highest BCUT2D eigenvalue weighted by molar-refractivity contribution is 5.71. The van der Waals surface area contributed by atoms with E-state index in [9.17, 15) is 20.0 Å². The largest absolute Gasteiger partial charge is 0.493 e. The van der Waals surface area contributed by atoms with E-state index < -0.39 is 16.8 Å². The number of hydrazine groups is 1. The third-order valence-electron chi connectivity index (χ3n) is 6.15. The number of hydrogen-bond donors (Lipinski definition) is 4. The summed E-state index contributed by atoms with van der Waals surface area (Å²) >= 11 is 0. The Bertz CT molecular complexity index is 1020. The van der Waals surface area contributed by atoms with E-state index in [0.29, 0.717) is 30.1 Å². The number of rotatable bonds is 7. The van der Waals surface area contributed by atoms with Crippen LogP contribution in [-0.2, 0) is 4.79 Å². The average molecular weight is 442 g/mol. The lowest BCUT2D eigenvalue weighted by Crippen LogP contribution is -2.53. The van der Waals surface area contributed by atoms with Crippen LogP contribution in [0.5, 0.6) is 11.5 Å². The zero-order valence-corrected chi connectivity index (χ0v) is 17.8. The number of nitro groups is 1. The van der Waals surface area contributed by atoms with E-state index in [1.807, 2.05) is 25.1 Å². The quantitative estimate of drug-likeness (QED) is 0.377. The summed E-state index contributed by atoms with van der Waals surface area (Å²) < 4.78 is 11.0. The summed E-state index contributed by atoms with van der Waals surface area (Å²) in [7, 11) is 1.57. The molecule has 32 heavy (non-hydrogen) atoms. The van der Waals surface area contributed by atoms with Crippen LogP contribution in [0.4, 0.5) is 5.69 Å². The highest BCUT2D eigenvalue weighted by Crippen LogP contribution is 2.43. The van der Waals surface area contributed by atoms with Gasteiger partial charge in [0.15, 0.2) is 11.5 Å². The van der Waals surface area contributed by atoms with Crippen LogP contribution in [0.25, 0.3) is 0 Å².